The first kappa shape index (κ1) is 21.5. The topological polar surface area (TPSA) is 78.2 Å². The van der Waals surface area contributed by atoms with E-state index in [0.29, 0.717) is 29.9 Å². The first-order chi connectivity index (χ1) is 16.6. The average Bonchev–Trinajstić information content (AvgIpc) is 3.17. The lowest BCUT2D eigenvalue weighted by Gasteiger charge is -2.10. The summed E-state index contributed by atoms with van der Waals surface area (Å²) >= 11 is 0. The molecule has 5 rings (SSSR count). The second kappa shape index (κ2) is 9.23. The molecule has 34 heavy (non-hydrogen) atoms. The van der Waals surface area contributed by atoms with Crippen LogP contribution in [0.3, 0.4) is 0 Å². The number of hydrogen-bond donors (Lipinski definition) is 1. The Bertz CT molecular complexity index is 1520. The molecule has 0 spiro atoms. The zero-order valence-corrected chi connectivity index (χ0v) is 18.8. The minimum atomic E-state index is -0.232. The van der Waals surface area contributed by atoms with Crippen molar-refractivity contribution in [1.82, 2.24) is 14.1 Å². The fourth-order valence-electron chi connectivity index (χ4n) is 4.15. The fraction of sp³-hybridized carbons (Fsp3) is 0.148. The van der Waals surface area contributed by atoms with Crippen LogP contribution in [-0.2, 0) is 17.9 Å². The number of hydrogen-bond acceptors (Lipinski definition) is 4. The molecule has 170 valence electrons. The second-order valence-corrected chi connectivity index (χ2v) is 7.97. The first-order valence-corrected chi connectivity index (χ1v) is 11.2. The van der Waals surface area contributed by atoms with Crippen molar-refractivity contribution in [2.24, 2.45) is 0 Å². The maximum atomic E-state index is 13.5. The summed E-state index contributed by atoms with van der Waals surface area (Å²) in [6.07, 6.45) is 1.58. The third kappa shape index (κ3) is 4.15. The highest BCUT2D eigenvalue weighted by atomic mass is 16.5. The second-order valence-electron chi connectivity index (χ2n) is 7.97. The molecule has 0 fully saturated rings. The van der Waals surface area contributed by atoms with Crippen molar-refractivity contribution in [3.8, 4) is 5.75 Å². The summed E-state index contributed by atoms with van der Waals surface area (Å²) in [7, 11) is 0. The van der Waals surface area contributed by atoms with Gasteiger partial charge in [-0.3, -0.25) is 14.2 Å². The van der Waals surface area contributed by atoms with Crippen molar-refractivity contribution < 1.29 is 9.53 Å². The number of carbonyl (C=O) groups excluding carboxylic acids is 1. The van der Waals surface area contributed by atoms with Gasteiger partial charge in [0.25, 0.3) is 5.56 Å². The molecule has 2 heterocycles. The average molecular weight is 453 g/mol. The van der Waals surface area contributed by atoms with E-state index < -0.39 is 0 Å². The van der Waals surface area contributed by atoms with E-state index >= 15 is 0 Å². The number of para-hydroxylation sites is 1. The Balaban J connectivity index is 1.51. The largest absolute Gasteiger partial charge is 0.494 e. The molecule has 0 aliphatic rings. The molecule has 0 saturated heterocycles. The summed E-state index contributed by atoms with van der Waals surface area (Å²) in [4.78, 5) is 31.1. The van der Waals surface area contributed by atoms with Gasteiger partial charge in [-0.1, -0.05) is 48.5 Å². The Morgan fingerprint density at radius 1 is 0.971 bits per heavy atom. The molecular formula is C27H24N4O3. The van der Waals surface area contributed by atoms with Crippen molar-refractivity contribution in [3.05, 3.63) is 101 Å². The molecule has 0 radical (unpaired) electrons. The lowest BCUT2D eigenvalue weighted by molar-refractivity contribution is -0.116. The van der Waals surface area contributed by atoms with Crippen molar-refractivity contribution in [2.75, 3.05) is 11.9 Å². The molecule has 0 atom stereocenters. The molecule has 0 aliphatic heterocycles. The maximum absolute atomic E-state index is 13.5. The number of fused-ring (bicyclic) bond motifs is 3. The normalized spacial score (nSPS) is 11.1. The summed E-state index contributed by atoms with van der Waals surface area (Å²) in [5.74, 6) is 0.512. The zero-order chi connectivity index (χ0) is 23.5. The van der Waals surface area contributed by atoms with Gasteiger partial charge in [0.05, 0.1) is 25.0 Å². The lowest BCUT2D eigenvalue weighted by atomic mass is 10.2. The van der Waals surface area contributed by atoms with Crippen LogP contribution >= 0.6 is 0 Å². The van der Waals surface area contributed by atoms with Gasteiger partial charge in [-0.05, 0) is 42.8 Å². The highest BCUT2D eigenvalue weighted by Gasteiger charge is 2.18. The number of aromatic nitrogens is 3. The minimum absolute atomic E-state index is 0.0104. The van der Waals surface area contributed by atoms with Crippen LogP contribution in [0.15, 0.2) is 90.0 Å². The number of amides is 1. The summed E-state index contributed by atoms with van der Waals surface area (Å²) in [5.41, 5.74) is 3.29. The van der Waals surface area contributed by atoms with Gasteiger partial charge in [0.15, 0.2) is 0 Å². The number of ether oxygens (including phenoxy) is 1. The Morgan fingerprint density at radius 2 is 1.71 bits per heavy atom. The zero-order valence-electron chi connectivity index (χ0n) is 18.8. The number of nitrogens with one attached hydrogen (secondary N) is 1. The molecular weight excluding hydrogens is 428 g/mol. The van der Waals surface area contributed by atoms with Gasteiger partial charge < -0.3 is 14.6 Å². The quantitative estimate of drug-likeness (QED) is 0.396. The maximum Gasteiger partial charge on any atom is 0.278 e. The number of carbonyl (C=O) groups is 1. The Kier molecular flexibility index (Phi) is 5.82. The molecule has 0 bridgehead atoms. The molecule has 7 heteroatoms. The van der Waals surface area contributed by atoms with Crippen LogP contribution in [0, 0.1) is 0 Å². The van der Waals surface area contributed by atoms with Gasteiger partial charge in [0, 0.05) is 11.1 Å². The smallest absolute Gasteiger partial charge is 0.278 e. The van der Waals surface area contributed by atoms with Crippen molar-refractivity contribution >= 4 is 33.5 Å². The molecule has 0 saturated carbocycles. The van der Waals surface area contributed by atoms with E-state index in [0.717, 1.165) is 22.2 Å². The Hall–Kier alpha value is -4.39. The van der Waals surface area contributed by atoms with Gasteiger partial charge >= 0.3 is 0 Å². The number of anilines is 1. The van der Waals surface area contributed by atoms with Crippen molar-refractivity contribution in [1.29, 1.82) is 0 Å². The molecule has 1 N–H and O–H groups in total. The lowest BCUT2D eigenvalue weighted by Crippen LogP contribution is -2.25. The first-order valence-electron chi connectivity index (χ1n) is 11.2. The Morgan fingerprint density at radius 3 is 2.47 bits per heavy atom. The number of rotatable bonds is 7. The fourth-order valence-corrected chi connectivity index (χ4v) is 4.15. The summed E-state index contributed by atoms with van der Waals surface area (Å²) in [6, 6.07) is 24.6. The van der Waals surface area contributed by atoms with Crippen LogP contribution < -0.4 is 15.6 Å². The summed E-state index contributed by atoms with van der Waals surface area (Å²) < 4.78 is 8.79. The summed E-state index contributed by atoms with van der Waals surface area (Å²) in [5, 5.41) is 3.75. The number of benzene rings is 3. The van der Waals surface area contributed by atoms with E-state index in [4.69, 9.17) is 4.74 Å². The minimum Gasteiger partial charge on any atom is -0.494 e. The predicted octanol–water partition coefficient (Wildman–Crippen LogP) is 4.44. The highest BCUT2D eigenvalue weighted by Crippen LogP contribution is 2.25. The van der Waals surface area contributed by atoms with E-state index in [-0.39, 0.29) is 18.0 Å². The van der Waals surface area contributed by atoms with Gasteiger partial charge in [-0.2, -0.15) is 0 Å². The molecule has 2 aromatic heterocycles. The van der Waals surface area contributed by atoms with Crippen LogP contribution in [0.4, 0.5) is 5.69 Å². The summed E-state index contributed by atoms with van der Waals surface area (Å²) in [6.45, 7) is 2.89. The third-order valence-corrected chi connectivity index (χ3v) is 5.68. The van der Waals surface area contributed by atoms with Gasteiger partial charge in [-0.15, -0.1) is 0 Å². The molecule has 0 unspecified atom stereocenters. The van der Waals surface area contributed by atoms with E-state index in [9.17, 15) is 9.59 Å². The van der Waals surface area contributed by atoms with Crippen LogP contribution in [0.25, 0.3) is 21.9 Å². The molecule has 5 aromatic rings. The third-order valence-electron chi connectivity index (χ3n) is 5.68. The van der Waals surface area contributed by atoms with E-state index in [2.05, 4.69) is 10.3 Å². The molecule has 0 aliphatic carbocycles. The Labute approximate surface area is 196 Å². The van der Waals surface area contributed by atoms with Gasteiger partial charge in [0.1, 0.15) is 23.3 Å². The standard InChI is InChI=1S/C27H24N4O3/c1-2-34-21-14-12-20(13-15-21)29-24(32)17-31-23-11-7-6-10-22(23)25-26(31)27(33)30(18-28-25)16-19-8-4-3-5-9-19/h3-15,18H,2,16-17H2,1H3,(H,29,32). The van der Waals surface area contributed by atoms with E-state index in [1.54, 1.807) is 27.6 Å². The number of nitrogens with zero attached hydrogens (tertiary/aromatic N) is 3. The van der Waals surface area contributed by atoms with Crippen LogP contribution in [0.2, 0.25) is 0 Å². The van der Waals surface area contributed by atoms with Crippen LogP contribution in [-0.4, -0.2) is 26.6 Å². The van der Waals surface area contributed by atoms with E-state index in [1.807, 2.05) is 73.7 Å². The highest BCUT2D eigenvalue weighted by molar-refractivity contribution is 6.06. The van der Waals surface area contributed by atoms with Crippen molar-refractivity contribution in [3.63, 3.8) is 0 Å². The molecule has 1 amide bonds. The van der Waals surface area contributed by atoms with Crippen LogP contribution in [0.1, 0.15) is 12.5 Å². The molecule has 7 nitrogen and oxygen atoms in total. The van der Waals surface area contributed by atoms with E-state index in [1.165, 1.54) is 0 Å². The monoisotopic (exact) mass is 452 g/mol. The SMILES string of the molecule is CCOc1ccc(NC(=O)Cn2c3ccccc3c3ncn(Cc4ccccc4)c(=O)c32)cc1. The molecule has 3 aromatic carbocycles. The predicted molar refractivity (Wildman–Crippen MR) is 133 cm³/mol. The van der Waals surface area contributed by atoms with Gasteiger partial charge in [0.2, 0.25) is 5.91 Å². The van der Waals surface area contributed by atoms with Crippen molar-refractivity contribution in [2.45, 2.75) is 20.0 Å². The van der Waals surface area contributed by atoms with Crippen LogP contribution in [0.5, 0.6) is 5.75 Å². The van der Waals surface area contributed by atoms with Gasteiger partial charge in [-0.25, -0.2) is 4.98 Å².